The third kappa shape index (κ3) is 3.57. The highest BCUT2D eigenvalue weighted by Crippen LogP contribution is 2.44. The standard InChI is InChI=1S/C24H17ClN2O5S/c1-12-3-10-17(32-12)21(28)19-20(13-4-7-15(31-2)8-5-13)27(23(30)22(19)29)24-26-16-9-6-14(25)11-18(16)33-24/h3-11,20,29H,1-2H3. The van der Waals surface area contributed by atoms with E-state index in [9.17, 15) is 14.7 Å². The van der Waals surface area contributed by atoms with Gasteiger partial charge >= 0.3 is 0 Å². The van der Waals surface area contributed by atoms with E-state index < -0.39 is 23.5 Å². The van der Waals surface area contributed by atoms with Gasteiger partial charge in [0.25, 0.3) is 5.91 Å². The number of amides is 1. The topological polar surface area (TPSA) is 92.9 Å². The number of methoxy groups -OCH3 is 1. The Morgan fingerprint density at radius 1 is 1.18 bits per heavy atom. The number of hydrogen-bond acceptors (Lipinski definition) is 7. The predicted molar refractivity (Wildman–Crippen MR) is 125 cm³/mol. The minimum absolute atomic E-state index is 0.0401. The van der Waals surface area contributed by atoms with E-state index in [2.05, 4.69) is 4.98 Å². The SMILES string of the molecule is COc1ccc(C2C(C(=O)c3ccc(C)o3)=C(O)C(=O)N2c2nc3ccc(Cl)cc3s2)cc1. The van der Waals surface area contributed by atoms with E-state index in [4.69, 9.17) is 20.8 Å². The first-order valence-corrected chi connectivity index (χ1v) is 11.1. The number of benzene rings is 2. The van der Waals surface area contributed by atoms with Crippen molar-refractivity contribution in [3.05, 3.63) is 88.0 Å². The number of aliphatic hydroxyl groups excluding tert-OH is 1. The number of carbonyl (C=O) groups excluding carboxylic acids is 2. The summed E-state index contributed by atoms with van der Waals surface area (Å²) < 4.78 is 11.5. The van der Waals surface area contributed by atoms with Gasteiger partial charge in [0.1, 0.15) is 11.5 Å². The molecule has 2 aromatic carbocycles. The fourth-order valence-electron chi connectivity index (χ4n) is 3.81. The van der Waals surface area contributed by atoms with Crippen LogP contribution in [0.4, 0.5) is 5.13 Å². The van der Waals surface area contributed by atoms with Gasteiger partial charge in [-0.25, -0.2) is 4.98 Å². The first kappa shape index (κ1) is 21.2. The third-order valence-electron chi connectivity index (χ3n) is 5.39. The van der Waals surface area contributed by atoms with Crippen LogP contribution in [0, 0.1) is 6.92 Å². The zero-order chi connectivity index (χ0) is 23.3. The van der Waals surface area contributed by atoms with E-state index in [1.807, 2.05) is 0 Å². The number of nitrogens with zero attached hydrogens (tertiary/aromatic N) is 2. The predicted octanol–water partition coefficient (Wildman–Crippen LogP) is 5.64. The molecule has 0 fully saturated rings. The maximum absolute atomic E-state index is 13.4. The van der Waals surface area contributed by atoms with Crippen LogP contribution < -0.4 is 9.64 Å². The highest BCUT2D eigenvalue weighted by molar-refractivity contribution is 7.22. The molecule has 1 aliphatic rings. The molecule has 1 aliphatic heterocycles. The van der Waals surface area contributed by atoms with Crippen LogP contribution in [-0.4, -0.2) is 28.9 Å². The molecule has 1 atom stereocenters. The van der Waals surface area contributed by atoms with Gasteiger partial charge in [0.15, 0.2) is 16.7 Å². The molecule has 1 N–H and O–H groups in total. The smallest absolute Gasteiger partial charge is 0.296 e. The van der Waals surface area contributed by atoms with E-state index >= 15 is 0 Å². The van der Waals surface area contributed by atoms with Crippen molar-refractivity contribution in [3.63, 3.8) is 0 Å². The molecule has 4 aromatic rings. The number of aliphatic hydroxyl groups is 1. The second kappa shape index (κ2) is 8.06. The van der Waals surface area contributed by atoms with Crippen LogP contribution in [0.5, 0.6) is 5.75 Å². The summed E-state index contributed by atoms with van der Waals surface area (Å²) in [6.45, 7) is 1.71. The lowest BCUT2D eigenvalue weighted by molar-refractivity contribution is -0.117. The quantitative estimate of drug-likeness (QED) is 0.371. The molecule has 0 saturated carbocycles. The number of halogens is 1. The molecule has 1 unspecified atom stereocenters. The lowest BCUT2D eigenvalue weighted by atomic mass is 9.95. The van der Waals surface area contributed by atoms with E-state index in [1.165, 1.54) is 22.3 Å². The Kier molecular flexibility index (Phi) is 5.19. The minimum atomic E-state index is -0.905. The van der Waals surface area contributed by atoms with Crippen molar-refractivity contribution >= 4 is 50.0 Å². The number of aromatic nitrogens is 1. The Hall–Kier alpha value is -3.62. The monoisotopic (exact) mass is 480 g/mol. The molecule has 3 heterocycles. The summed E-state index contributed by atoms with van der Waals surface area (Å²) in [6.07, 6.45) is 0. The highest BCUT2D eigenvalue weighted by Gasteiger charge is 2.46. The molecule has 5 rings (SSSR count). The van der Waals surface area contributed by atoms with Gasteiger partial charge in [-0.05, 0) is 55.0 Å². The van der Waals surface area contributed by atoms with Crippen LogP contribution in [0.15, 0.2) is 70.3 Å². The van der Waals surface area contributed by atoms with Crippen molar-refractivity contribution < 1.29 is 23.8 Å². The number of thiazole rings is 1. The Balaban J connectivity index is 1.67. The summed E-state index contributed by atoms with van der Waals surface area (Å²) in [5.41, 5.74) is 1.19. The Morgan fingerprint density at radius 2 is 1.94 bits per heavy atom. The normalized spacial score (nSPS) is 16.2. The second-order valence-electron chi connectivity index (χ2n) is 7.46. The maximum Gasteiger partial charge on any atom is 0.296 e. The molecular weight excluding hydrogens is 464 g/mol. The van der Waals surface area contributed by atoms with Crippen molar-refractivity contribution in [3.8, 4) is 5.75 Å². The summed E-state index contributed by atoms with van der Waals surface area (Å²) >= 11 is 7.36. The molecule has 0 saturated heterocycles. The summed E-state index contributed by atoms with van der Waals surface area (Å²) in [7, 11) is 1.55. The van der Waals surface area contributed by atoms with E-state index in [-0.39, 0.29) is 11.3 Å². The number of aryl methyl sites for hydroxylation is 1. The Labute approximate surface area is 197 Å². The van der Waals surface area contributed by atoms with Gasteiger partial charge in [-0.1, -0.05) is 35.1 Å². The van der Waals surface area contributed by atoms with Crippen LogP contribution in [0.2, 0.25) is 5.02 Å². The van der Waals surface area contributed by atoms with Crippen LogP contribution in [0.3, 0.4) is 0 Å². The summed E-state index contributed by atoms with van der Waals surface area (Å²) in [4.78, 5) is 32.5. The molecule has 0 radical (unpaired) electrons. The van der Waals surface area contributed by atoms with Gasteiger partial charge in [-0.15, -0.1) is 0 Å². The molecule has 9 heteroatoms. The number of anilines is 1. The summed E-state index contributed by atoms with van der Waals surface area (Å²) in [5.74, 6) is -0.713. The van der Waals surface area contributed by atoms with Crippen molar-refractivity contribution in [2.75, 3.05) is 12.0 Å². The van der Waals surface area contributed by atoms with Crippen molar-refractivity contribution in [1.29, 1.82) is 0 Å². The maximum atomic E-state index is 13.4. The van der Waals surface area contributed by atoms with Crippen molar-refractivity contribution in [2.45, 2.75) is 13.0 Å². The number of ketones is 1. The molecule has 33 heavy (non-hydrogen) atoms. The van der Waals surface area contributed by atoms with Gasteiger partial charge in [0.05, 0.1) is 28.9 Å². The second-order valence-corrected chi connectivity index (χ2v) is 8.91. The fourth-order valence-corrected chi connectivity index (χ4v) is 5.08. The molecule has 1 amide bonds. The molecule has 7 nitrogen and oxygen atoms in total. The zero-order valence-corrected chi connectivity index (χ0v) is 19.1. The van der Waals surface area contributed by atoms with E-state index in [0.717, 1.165) is 4.70 Å². The van der Waals surface area contributed by atoms with Gasteiger partial charge < -0.3 is 14.3 Å². The van der Waals surface area contributed by atoms with Crippen LogP contribution >= 0.6 is 22.9 Å². The zero-order valence-electron chi connectivity index (χ0n) is 17.5. The van der Waals surface area contributed by atoms with Gasteiger partial charge in [-0.2, -0.15) is 0 Å². The number of hydrogen-bond donors (Lipinski definition) is 1. The average molecular weight is 481 g/mol. The fraction of sp³-hybridized carbons (Fsp3) is 0.125. The number of fused-ring (bicyclic) bond motifs is 1. The van der Waals surface area contributed by atoms with Gasteiger partial charge in [-0.3, -0.25) is 14.5 Å². The number of Topliss-reactive ketones (excluding diaryl/α,β-unsaturated/α-hetero) is 1. The molecule has 2 aromatic heterocycles. The summed E-state index contributed by atoms with van der Waals surface area (Å²) in [5, 5.41) is 11.7. The largest absolute Gasteiger partial charge is 0.503 e. The lowest BCUT2D eigenvalue weighted by Gasteiger charge is -2.24. The summed E-state index contributed by atoms with van der Waals surface area (Å²) in [6, 6.07) is 14.4. The van der Waals surface area contributed by atoms with Crippen LogP contribution in [0.25, 0.3) is 10.2 Å². The van der Waals surface area contributed by atoms with Crippen molar-refractivity contribution in [2.24, 2.45) is 0 Å². The Bertz CT molecular complexity index is 1440. The first-order chi connectivity index (χ1) is 15.9. The third-order valence-corrected chi connectivity index (χ3v) is 6.65. The van der Waals surface area contributed by atoms with Gasteiger partial charge in [0.2, 0.25) is 5.78 Å². The molecule has 0 spiro atoms. The molecular formula is C24H17ClN2O5S. The highest BCUT2D eigenvalue weighted by atomic mass is 35.5. The van der Waals surface area contributed by atoms with Crippen LogP contribution in [0.1, 0.15) is 27.9 Å². The number of rotatable bonds is 5. The van der Waals surface area contributed by atoms with E-state index in [0.29, 0.717) is 32.7 Å². The van der Waals surface area contributed by atoms with E-state index in [1.54, 1.807) is 62.6 Å². The number of ether oxygens (including phenoxy) is 1. The minimum Gasteiger partial charge on any atom is -0.503 e. The number of carbonyl (C=O) groups is 2. The molecule has 0 aliphatic carbocycles. The average Bonchev–Trinajstić information content (AvgIpc) is 3.49. The number of furan rings is 1. The molecule has 0 bridgehead atoms. The first-order valence-electron chi connectivity index (χ1n) is 9.95. The van der Waals surface area contributed by atoms with Crippen molar-refractivity contribution in [1.82, 2.24) is 4.98 Å². The lowest BCUT2D eigenvalue weighted by Crippen LogP contribution is -2.30. The van der Waals surface area contributed by atoms with Crippen LogP contribution in [-0.2, 0) is 4.79 Å². The Morgan fingerprint density at radius 3 is 2.61 bits per heavy atom. The van der Waals surface area contributed by atoms with Gasteiger partial charge in [0, 0.05) is 5.02 Å². The molecule has 166 valence electrons.